The lowest BCUT2D eigenvalue weighted by atomic mass is 10.0. The molecule has 4 nitrogen and oxygen atoms in total. The summed E-state index contributed by atoms with van der Waals surface area (Å²) in [5.41, 5.74) is 1.11. The molecule has 0 spiro atoms. The first-order valence-electron chi connectivity index (χ1n) is 7.04. The zero-order valence-electron chi connectivity index (χ0n) is 11.7. The standard InChI is InChI=1S/C14H25N3O/c1-4-12(3)17-8-6-13(15-17)9-16-7-5-11(2)14(16)10-18/h6,8,11-12,14,18H,4-5,7,9-10H2,1-3H3. The minimum atomic E-state index is 0.257. The van der Waals surface area contributed by atoms with E-state index in [0.717, 1.165) is 25.2 Å². The molecule has 2 rings (SSSR count). The van der Waals surface area contributed by atoms with Crippen molar-refractivity contribution in [2.45, 2.75) is 52.2 Å². The lowest BCUT2D eigenvalue weighted by Crippen LogP contribution is -2.34. The second kappa shape index (κ2) is 5.85. The van der Waals surface area contributed by atoms with E-state index in [0.29, 0.717) is 18.0 Å². The van der Waals surface area contributed by atoms with Gasteiger partial charge in [0.25, 0.3) is 0 Å². The number of hydrogen-bond acceptors (Lipinski definition) is 3. The van der Waals surface area contributed by atoms with E-state index in [1.54, 1.807) is 0 Å². The molecular weight excluding hydrogens is 226 g/mol. The molecule has 0 bridgehead atoms. The lowest BCUT2D eigenvalue weighted by molar-refractivity contribution is 0.133. The Morgan fingerprint density at radius 3 is 3.00 bits per heavy atom. The predicted molar refractivity (Wildman–Crippen MR) is 72.3 cm³/mol. The summed E-state index contributed by atoms with van der Waals surface area (Å²) in [6, 6.07) is 2.87. The average Bonchev–Trinajstić information content (AvgIpc) is 2.96. The highest BCUT2D eigenvalue weighted by atomic mass is 16.3. The highest BCUT2D eigenvalue weighted by molar-refractivity contribution is 5.01. The maximum absolute atomic E-state index is 9.45. The summed E-state index contributed by atoms with van der Waals surface area (Å²) in [4.78, 5) is 2.36. The van der Waals surface area contributed by atoms with Crippen LogP contribution in [-0.4, -0.2) is 39.0 Å². The fraction of sp³-hybridized carbons (Fsp3) is 0.786. The van der Waals surface area contributed by atoms with Gasteiger partial charge < -0.3 is 5.11 Å². The summed E-state index contributed by atoms with van der Waals surface area (Å²) in [7, 11) is 0. The quantitative estimate of drug-likeness (QED) is 0.871. The van der Waals surface area contributed by atoms with Gasteiger partial charge in [0.1, 0.15) is 0 Å². The van der Waals surface area contributed by atoms with Gasteiger partial charge in [0.15, 0.2) is 0 Å². The third-order valence-corrected chi connectivity index (χ3v) is 4.26. The van der Waals surface area contributed by atoms with E-state index in [4.69, 9.17) is 0 Å². The van der Waals surface area contributed by atoms with Crippen LogP contribution in [0.5, 0.6) is 0 Å². The summed E-state index contributed by atoms with van der Waals surface area (Å²) < 4.78 is 2.04. The van der Waals surface area contributed by atoms with Gasteiger partial charge in [0.05, 0.1) is 12.3 Å². The maximum Gasteiger partial charge on any atom is 0.0765 e. The minimum Gasteiger partial charge on any atom is -0.395 e. The van der Waals surface area contributed by atoms with Gasteiger partial charge in [0, 0.05) is 24.8 Å². The zero-order chi connectivity index (χ0) is 13.1. The van der Waals surface area contributed by atoms with Gasteiger partial charge in [0.2, 0.25) is 0 Å². The summed E-state index contributed by atoms with van der Waals surface area (Å²) >= 11 is 0. The van der Waals surface area contributed by atoms with Crippen LogP contribution in [0.3, 0.4) is 0 Å². The summed E-state index contributed by atoms with van der Waals surface area (Å²) in [6.45, 7) is 8.77. The van der Waals surface area contributed by atoms with Gasteiger partial charge in [-0.15, -0.1) is 0 Å². The minimum absolute atomic E-state index is 0.257. The van der Waals surface area contributed by atoms with Crippen molar-refractivity contribution in [3.8, 4) is 0 Å². The van der Waals surface area contributed by atoms with Crippen molar-refractivity contribution in [2.75, 3.05) is 13.2 Å². The van der Waals surface area contributed by atoms with Crippen molar-refractivity contribution in [2.24, 2.45) is 5.92 Å². The molecule has 0 aromatic carbocycles. The van der Waals surface area contributed by atoms with Crippen molar-refractivity contribution in [3.05, 3.63) is 18.0 Å². The smallest absolute Gasteiger partial charge is 0.0765 e. The molecule has 18 heavy (non-hydrogen) atoms. The van der Waals surface area contributed by atoms with E-state index < -0.39 is 0 Å². The molecular formula is C14H25N3O. The SMILES string of the molecule is CCC(C)n1ccc(CN2CCC(C)C2CO)n1. The van der Waals surface area contributed by atoms with Crippen LogP contribution in [0.15, 0.2) is 12.3 Å². The summed E-state index contributed by atoms with van der Waals surface area (Å²) in [6.07, 6.45) is 4.34. The molecule has 1 aromatic rings. The number of aliphatic hydroxyl groups is 1. The van der Waals surface area contributed by atoms with Crippen LogP contribution in [0.4, 0.5) is 0 Å². The largest absolute Gasteiger partial charge is 0.395 e. The molecule has 2 heterocycles. The molecule has 1 N–H and O–H groups in total. The molecule has 0 saturated carbocycles. The van der Waals surface area contributed by atoms with Gasteiger partial charge in [-0.1, -0.05) is 13.8 Å². The Balaban J connectivity index is 1.99. The van der Waals surface area contributed by atoms with E-state index >= 15 is 0 Å². The first kappa shape index (κ1) is 13.6. The van der Waals surface area contributed by atoms with E-state index in [1.807, 2.05) is 4.68 Å². The number of likely N-dealkylation sites (tertiary alicyclic amines) is 1. The zero-order valence-corrected chi connectivity index (χ0v) is 11.7. The van der Waals surface area contributed by atoms with E-state index in [1.165, 1.54) is 6.42 Å². The normalized spacial score (nSPS) is 26.7. The first-order chi connectivity index (χ1) is 8.65. The van der Waals surface area contributed by atoms with Gasteiger partial charge in [-0.25, -0.2) is 0 Å². The van der Waals surface area contributed by atoms with Crippen LogP contribution in [-0.2, 0) is 6.54 Å². The number of aliphatic hydroxyl groups excluding tert-OH is 1. The summed E-state index contributed by atoms with van der Waals surface area (Å²) in [5.74, 6) is 0.589. The fourth-order valence-electron chi connectivity index (χ4n) is 2.68. The summed E-state index contributed by atoms with van der Waals surface area (Å²) in [5, 5.41) is 14.1. The topological polar surface area (TPSA) is 41.3 Å². The van der Waals surface area contributed by atoms with Crippen LogP contribution >= 0.6 is 0 Å². The van der Waals surface area contributed by atoms with E-state index in [-0.39, 0.29) is 6.61 Å². The monoisotopic (exact) mass is 251 g/mol. The van der Waals surface area contributed by atoms with Crippen LogP contribution in [0, 0.1) is 5.92 Å². The van der Waals surface area contributed by atoms with Gasteiger partial charge in [-0.3, -0.25) is 9.58 Å². The van der Waals surface area contributed by atoms with E-state index in [9.17, 15) is 5.11 Å². The van der Waals surface area contributed by atoms with Crippen molar-refractivity contribution in [3.63, 3.8) is 0 Å². The second-order valence-corrected chi connectivity index (χ2v) is 5.53. The third-order valence-electron chi connectivity index (χ3n) is 4.26. The third kappa shape index (κ3) is 2.75. The van der Waals surface area contributed by atoms with Crippen LogP contribution in [0.2, 0.25) is 0 Å². The first-order valence-corrected chi connectivity index (χ1v) is 7.04. The van der Waals surface area contributed by atoms with Crippen molar-refractivity contribution in [1.29, 1.82) is 0 Å². The fourth-order valence-corrected chi connectivity index (χ4v) is 2.68. The molecule has 3 unspecified atom stereocenters. The lowest BCUT2D eigenvalue weighted by Gasteiger charge is -2.24. The highest BCUT2D eigenvalue weighted by Crippen LogP contribution is 2.25. The molecule has 1 aliphatic rings. The molecule has 1 fully saturated rings. The Morgan fingerprint density at radius 2 is 2.33 bits per heavy atom. The Labute approximate surface area is 110 Å². The van der Waals surface area contributed by atoms with E-state index in [2.05, 4.69) is 43.0 Å². The Morgan fingerprint density at radius 1 is 1.56 bits per heavy atom. The number of hydrogen-bond donors (Lipinski definition) is 1. The molecule has 1 aromatic heterocycles. The van der Waals surface area contributed by atoms with Crippen LogP contribution in [0.25, 0.3) is 0 Å². The number of aromatic nitrogens is 2. The van der Waals surface area contributed by atoms with Crippen LogP contribution in [0.1, 0.15) is 45.3 Å². The number of nitrogens with zero attached hydrogens (tertiary/aromatic N) is 3. The van der Waals surface area contributed by atoms with Crippen molar-refractivity contribution < 1.29 is 5.11 Å². The number of rotatable bonds is 5. The molecule has 1 aliphatic heterocycles. The van der Waals surface area contributed by atoms with Crippen molar-refractivity contribution >= 4 is 0 Å². The molecule has 4 heteroatoms. The molecule has 0 radical (unpaired) electrons. The van der Waals surface area contributed by atoms with Gasteiger partial charge in [-0.2, -0.15) is 5.10 Å². The van der Waals surface area contributed by atoms with Gasteiger partial charge >= 0.3 is 0 Å². The molecule has 0 aliphatic carbocycles. The predicted octanol–water partition coefficient (Wildman–Crippen LogP) is 2.06. The Kier molecular flexibility index (Phi) is 4.40. The van der Waals surface area contributed by atoms with Crippen LogP contribution < -0.4 is 0 Å². The van der Waals surface area contributed by atoms with Gasteiger partial charge in [-0.05, 0) is 38.3 Å². The second-order valence-electron chi connectivity index (χ2n) is 5.53. The molecule has 3 atom stereocenters. The maximum atomic E-state index is 9.45. The molecule has 102 valence electrons. The molecule has 0 amide bonds. The Hall–Kier alpha value is -0.870. The Bertz CT molecular complexity index is 377. The highest BCUT2D eigenvalue weighted by Gasteiger charge is 2.30. The van der Waals surface area contributed by atoms with Crippen molar-refractivity contribution in [1.82, 2.24) is 14.7 Å². The molecule has 1 saturated heterocycles. The average molecular weight is 251 g/mol.